The smallest absolute Gasteiger partial charge is 0.410 e. The molecule has 230 valence electrons. The number of nitrogens with one attached hydrogen (secondary N) is 3. The highest BCUT2D eigenvalue weighted by molar-refractivity contribution is 7.89. The van der Waals surface area contributed by atoms with Crippen LogP contribution in [0, 0.1) is 0 Å². The third kappa shape index (κ3) is 8.04. The molecule has 14 nitrogen and oxygen atoms in total. The second kappa shape index (κ2) is 15.1. The molecule has 0 saturated carbocycles. The lowest BCUT2D eigenvalue weighted by molar-refractivity contribution is -0.119. The van der Waals surface area contributed by atoms with Crippen molar-refractivity contribution in [1.29, 1.82) is 0 Å². The van der Waals surface area contributed by atoms with Crippen molar-refractivity contribution in [3.8, 4) is 0 Å². The van der Waals surface area contributed by atoms with Crippen LogP contribution in [0.25, 0.3) is 0 Å². The quantitative estimate of drug-likeness (QED) is 0.296. The van der Waals surface area contributed by atoms with Crippen LogP contribution in [0.1, 0.15) is 45.0 Å². The van der Waals surface area contributed by atoms with E-state index < -0.39 is 33.8 Å². The fraction of sp³-hybridized carbons (Fsp3) is 0.462. The molecule has 1 aliphatic rings. The van der Waals surface area contributed by atoms with Crippen LogP contribution in [0.2, 0.25) is 0 Å². The zero-order valence-corrected chi connectivity index (χ0v) is 25.5. The molecule has 3 rings (SSSR count). The molecule has 0 unspecified atom stereocenters. The van der Waals surface area contributed by atoms with Gasteiger partial charge in [0.2, 0.25) is 15.9 Å². The zero-order chi connectivity index (χ0) is 30.9. The van der Waals surface area contributed by atoms with Gasteiger partial charge in [-0.25, -0.2) is 13.2 Å². The first-order chi connectivity index (χ1) is 20.0. The minimum atomic E-state index is -3.88. The molecule has 42 heavy (non-hydrogen) atoms. The number of carbonyl (C=O) groups is 4. The summed E-state index contributed by atoms with van der Waals surface area (Å²) in [6.45, 7) is 4.31. The molecule has 0 atom stereocenters. The third-order valence-corrected chi connectivity index (χ3v) is 9.28. The minimum Gasteiger partial charge on any atom is -0.450 e. The van der Waals surface area contributed by atoms with Gasteiger partial charge in [-0.3, -0.25) is 25.2 Å². The molecule has 0 radical (unpaired) electrons. The zero-order valence-electron chi connectivity index (χ0n) is 23.9. The van der Waals surface area contributed by atoms with E-state index in [4.69, 9.17) is 14.2 Å². The van der Waals surface area contributed by atoms with Gasteiger partial charge in [-0.05, 0) is 43.2 Å². The summed E-state index contributed by atoms with van der Waals surface area (Å²) in [5.41, 5.74) is 5.55. The first-order valence-corrected chi connectivity index (χ1v) is 15.3. The number of benzene rings is 1. The Bertz CT molecular complexity index is 1390. The topological polar surface area (TPSA) is 173 Å². The van der Waals surface area contributed by atoms with E-state index in [0.29, 0.717) is 23.4 Å². The number of hydrogen-bond donors (Lipinski definition) is 3. The van der Waals surface area contributed by atoms with Crippen LogP contribution in [-0.4, -0.2) is 95.1 Å². The molecule has 1 aliphatic heterocycles. The van der Waals surface area contributed by atoms with Gasteiger partial charge < -0.3 is 24.4 Å². The van der Waals surface area contributed by atoms with E-state index in [9.17, 15) is 27.6 Å². The Morgan fingerprint density at radius 2 is 1.64 bits per heavy atom. The highest BCUT2D eigenvalue weighted by Gasteiger charge is 2.31. The monoisotopic (exact) mass is 625 g/mol. The molecule has 0 spiro atoms. The van der Waals surface area contributed by atoms with Gasteiger partial charge in [0.1, 0.15) is 5.00 Å². The Morgan fingerprint density at radius 1 is 1.00 bits per heavy atom. The summed E-state index contributed by atoms with van der Waals surface area (Å²) < 4.78 is 42.7. The third-order valence-electron chi connectivity index (χ3n) is 6.23. The molecular formula is C26H35N5O9S2. The van der Waals surface area contributed by atoms with Crippen LogP contribution >= 0.6 is 11.3 Å². The predicted molar refractivity (Wildman–Crippen MR) is 154 cm³/mol. The maximum Gasteiger partial charge on any atom is 0.410 e. The number of methoxy groups -OCH3 is 2. The molecule has 0 aliphatic carbocycles. The van der Waals surface area contributed by atoms with Crippen LogP contribution < -0.4 is 16.2 Å². The number of fused-ring (bicyclic) bond motifs is 1. The van der Waals surface area contributed by atoms with Crippen molar-refractivity contribution < 1.29 is 41.8 Å². The molecule has 0 saturated heterocycles. The molecule has 2 aromatic rings. The van der Waals surface area contributed by atoms with Crippen LogP contribution in [0.3, 0.4) is 0 Å². The number of rotatable bonds is 12. The molecule has 4 amide bonds. The molecule has 1 aromatic carbocycles. The molecule has 1 aromatic heterocycles. The number of sulfonamides is 1. The molecule has 16 heteroatoms. The largest absolute Gasteiger partial charge is 0.450 e. The van der Waals surface area contributed by atoms with Gasteiger partial charge in [0, 0.05) is 51.2 Å². The highest BCUT2D eigenvalue weighted by Crippen LogP contribution is 2.37. The van der Waals surface area contributed by atoms with E-state index in [1.165, 1.54) is 54.6 Å². The van der Waals surface area contributed by atoms with Crippen molar-refractivity contribution in [2.24, 2.45) is 0 Å². The van der Waals surface area contributed by atoms with Gasteiger partial charge in [0.25, 0.3) is 11.8 Å². The van der Waals surface area contributed by atoms with Crippen LogP contribution in [0.4, 0.5) is 9.80 Å². The number of carbonyl (C=O) groups excluding carboxylic acids is 4. The number of hydrazine groups is 1. The van der Waals surface area contributed by atoms with Crippen molar-refractivity contribution in [1.82, 2.24) is 20.1 Å². The summed E-state index contributed by atoms with van der Waals surface area (Å²) in [6.07, 6.45) is -0.150. The van der Waals surface area contributed by atoms with Crippen LogP contribution in [-0.2, 0) is 42.0 Å². The summed E-state index contributed by atoms with van der Waals surface area (Å²) in [5, 5.41) is 2.96. The average Bonchev–Trinajstić information content (AvgIpc) is 3.33. The number of thiophene rings is 1. The second-order valence-corrected chi connectivity index (χ2v) is 12.1. The molecule has 3 N–H and O–H groups in total. The summed E-state index contributed by atoms with van der Waals surface area (Å²) in [4.78, 5) is 52.1. The van der Waals surface area contributed by atoms with Crippen molar-refractivity contribution in [2.45, 2.75) is 31.7 Å². The minimum absolute atomic E-state index is 0.00715. The summed E-state index contributed by atoms with van der Waals surface area (Å²) in [7, 11) is -0.931. The Morgan fingerprint density at radius 3 is 2.21 bits per heavy atom. The lowest BCUT2D eigenvalue weighted by atomic mass is 10.0. The van der Waals surface area contributed by atoms with E-state index in [2.05, 4.69) is 16.2 Å². The lowest BCUT2D eigenvalue weighted by Crippen LogP contribution is -2.41. The molecule has 0 bridgehead atoms. The summed E-state index contributed by atoms with van der Waals surface area (Å²) >= 11 is 1.13. The van der Waals surface area contributed by atoms with Gasteiger partial charge in [0.15, 0.2) is 0 Å². The van der Waals surface area contributed by atoms with Gasteiger partial charge in [-0.15, -0.1) is 11.3 Å². The Labute approximate surface area is 248 Å². The Balaban J connectivity index is 1.86. The van der Waals surface area contributed by atoms with Gasteiger partial charge in [-0.1, -0.05) is 0 Å². The maximum atomic E-state index is 13.2. The highest BCUT2D eigenvalue weighted by atomic mass is 32.2. The number of nitrogens with zero attached hydrogens (tertiary/aromatic N) is 2. The fourth-order valence-corrected chi connectivity index (χ4v) is 6.81. The average molecular weight is 626 g/mol. The molecule has 2 heterocycles. The summed E-state index contributed by atoms with van der Waals surface area (Å²) in [6, 6.07) is 5.41. The number of ether oxygens (including phenoxy) is 3. The van der Waals surface area contributed by atoms with Gasteiger partial charge in [0.05, 0.1) is 36.8 Å². The van der Waals surface area contributed by atoms with E-state index >= 15 is 0 Å². The summed E-state index contributed by atoms with van der Waals surface area (Å²) in [5.74, 6) is -1.69. The van der Waals surface area contributed by atoms with E-state index in [-0.39, 0.29) is 60.5 Å². The van der Waals surface area contributed by atoms with E-state index in [0.717, 1.165) is 11.3 Å². The number of anilines is 1. The van der Waals surface area contributed by atoms with Crippen molar-refractivity contribution in [3.05, 3.63) is 45.8 Å². The van der Waals surface area contributed by atoms with Crippen molar-refractivity contribution in [2.75, 3.05) is 59.0 Å². The Kier molecular flexibility index (Phi) is 11.8. The molecule has 0 fully saturated rings. The predicted octanol–water partition coefficient (Wildman–Crippen LogP) is 1.58. The SMILES string of the molecule is CCOC(=O)N1CCc2c(sc(NC(=O)c3ccc(S(=O)(=O)N(CCOC)CCOC)cc3)c2C(=O)NNC(C)=O)C1. The lowest BCUT2D eigenvalue weighted by Gasteiger charge is -2.26. The van der Waals surface area contributed by atoms with E-state index in [1.807, 2.05) is 0 Å². The van der Waals surface area contributed by atoms with Gasteiger partial charge >= 0.3 is 6.09 Å². The Hall–Kier alpha value is -3.57. The first-order valence-electron chi connectivity index (χ1n) is 13.1. The first kappa shape index (κ1) is 32.9. The van der Waals surface area contributed by atoms with Crippen LogP contribution in [0.5, 0.6) is 0 Å². The second-order valence-electron chi connectivity index (χ2n) is 9.08. The number of amides is 4. The van der Waals surface area contributed by atoms with Crippen molar-refractivity contribution >= 4 is 50.2 Å². The molecular weight excluding hydrogens is 590 g/mol. The normalized spacial score (nSPS) is 12.9. The van der Waals surface area contributed by atoms with Crippen molar-refractivity contribution in [3.63, 3.8) is 0 Å². The van der Waals surface area contributed by atoms with Crippen LogP contribution in [0.15, 0.2) is 29.2 Å². The van der Waals surface area contributed by atoms with Gasteiger partial charge in [-0.2, -0.15) is 4.31 Å². The van der Waals surface area contributed by atoms with E-state index in [1.54, 1.807) is 6.92 Å². The standard InChI is InChI=1S/C26H35N5O9S2/c1-5-40-26(35)30-11-10-20-21(16-30)41-25(22(20)24(34)29-28-17(2)32)27-23(33)18-6-8-19(9-7-18)42(36,37)31(12-14-38-3)13-15-39-4/h6-9H,5,10-16H2,1-4H3,(H,27,33)(H,28,32)(H,29,34). The fourth-order valence-electron chi connectivity index (χ4n) is 4.15. The maximum absolute atomic E-state index is 13.2. The number of hydrogen-bond acceptors (Lipinski definition) is 10.